The molecule has 2 atom stereocenters. The van der Waals surface area contributed by atoms with Crippen molar-refractivity contribution in [1.29, 1.82) is 0 Å². The minimum Gasteiger partial charge on any atom is -0.493 e. The van der Waals surface area contributed by atoms with E-state index in [4.69, 9.17) is 14.2 Å². The van der Waals surface area contributed by atoms with Crippen molar-refractivity contribution in [3.05, 3.63) is 54.4 Å². The molecule has 36 heavy (non-hydrogen) atoms. The van der Waals surface area contributed by atoms with Crippen molar-refractivity contribution in [2.75, 3.05) is 57.9 Å². The third kappa shape index (κ3) is 6.34. The van der Waals surface area contributed by atoms with Crippen molar-refractivity contribution in [1.82, 2.24) is 25.0 Å². The quantitative estimate of drug-likeness (QED) is 0.307. The van der Waals surface area contributed by atoms with E-state index < -0.39 is 0 Å². The molecule has 2 aliphatic heterocycles. The van der Waals surface area contributed by atoms with Gasteiger partial charge in [0.1, 0.15) is 18.2 Å². The van der Waals surface area contributed by atoms with Crippen LogP contribution in [0.3, 0.4) is 0 Å². The maximum Gasteiger partial charge on any atom is 0.219 e. The number of hydrogen-bond acceptors (Lipinski definition) is 7. The van der Waals surface area contributed by atoms with Gasteiger partial charge < -0.3 is 24.4 Å². The summed E-state index contributed by atoms with van der Waals surface area (Å²) in [5.41, 5.74) is 3.19. The minimum atomic E-state index is 0. The van der Waals surface area contributed by atoms with Crippen LogP contribution in [0, 0.1) is 0 Å². The van der Waals surface area contributed by atoms with Crippen LogP contribution < -0.4 is 14.8 Å². The molecule has 0 radical (unpaired) electrons. The van der Waals surface area contributed by atoms with Crippen molar-refractivity contribution in [3.8, 4) is 28.6 Å². The molecular weight excluding hydrogens is 474 g/mol. The molecule has 5 rings (SSSR count). The number of piperazine rings is 1. The van der Waals surface area contributed by atoms with Crippen molar-refractivity contribution in [2.24, 2.45) is 0 Å². The van der Waals surface area contributed by atoms with Gasteiger partial charge >= 0.3 is 0 Å². The third-order valence-corrected chi connectivity index (χ3v) is 7.49. The number of nitrogens with one attached hydrogen (secondary N) is 1. The lowest BCUT2D eigenvalue weighted by Crippen LogP contribution is -2.44. The Morgan fingerprint density at radius 2 is 2.11 bits per heavy atom. The van der Waals surface area contributed by atoms with Crippen molar-refractivity contribution < 1.29 is 15.6 Å². The number of aromatic nitrogens is 3. The van der Waals surface area contributed by atoms with E-state index >= 15 is 0 Å². The van der Waals surface area contributed by atoms with Gasteiger partial charge in [-0.25, -0.2) is 9.67 Å². The van der Waals surface area contributed by atoms with Crippen LogP contribution in [-0.4, -0.2) is 83.5 Å². The molecule has 0 spiro atoms. The highest BCUT2D eigenvalue weighted by atomic mass is 32.2. The Kier molecular flexibility index (Phi) is 8.32. The summed E-state index contributed by atoms with van der Waals surface area (Å²) < 4.78 is 19.6. The fourth-order valence-corrected chi connectivity index (χ4v) is 4.98. The van der Waals surface area contributed by atoms with Gasteiger partial charge in [-0.05, 0) is 37.4 Å². The van der Waals surface area contributed by atoms with E-state index in [0.717, 1.165) is 74.3 Å². The van der Waals surface area contributed by atoms with Crippen LogP contribution in [0.1, 0.15) is 19.3 Å². The molecular formula is C27H37N5O3S. The highest BCUT2D eigenvalue weighted by Crippen LogP contribution is 2.39. The highest BCUT2D eigenvalue weighted by Gasteiger charge is 2.25. The Hall–Kier alpha value is -2.72. The summed E-state index contributed by atoms with van der Waals surface area (Å²) in [6.45, 7) is 7.37. The number of pyridine rings is 1. The fourth-order valence-electron chi connectivity index (χ4n) is 4.58. The Labute approximate surface area is 217 Å². The Morgan fingerprint density at radius 3 is 2.92 bits per heavy atom. The molecule has 1 fully saturated rings. The predicted octanol–water partition coefficient (Wildman–Crippen LogP) is 4.06. The third-order valence-electron chi connectivity index (χ3n) is 6.63. The van der Waals surface area contributed by atoms with E-state index in [1.54, 1.807) is 12.4 Å². The summed E-state index contributed by atoms with van der Waals surface area (Å²) in [4.78, 5) is 7.05. The summed E-state index contributed by atoms with van der Waals surface area (Å²) in [6, 6.07) is 12.0. The minimum absolute atomic E-state index is 0. The van der Waals surface area contributed by atoms with Crippen LogP contribution in [-0.2, 0) is 11.5 Å². The second-order valence-electron chi connectivity index (χ2n) is 9.31. The first-order chi connectivity index (χ1) is 17.7. The van der Waals surface area contributed by atoms with Crippen LogP contribution in [0.4, 0.5) is 0 Å². The standard InChI is InChI=1S/C27H35N5O3S.H2/c1-36(2)16-15-33-20-32-25(7-9-30-32)21-3-6-27(29-18-21)35-23-4-5-24-22(19-34-26(24)17-23)8-12-31-13-10-28-11-14-31;/h3-7,9,17-18,22,28H,1,8,10-16,19-20H2,2H3;1H/t22?,36-;/m0./s1. The molecule has 0 saturated carbocycles. The summed E-state index contributed by atoms with van der Waals surface area (Å²) in [5, 5.41) is 7.79. The van der Waals surface area contributed by atoms with E-state index in [-0.39, 0.29) is 11.9 Å². The molecule has 8 nitrogen and oxygen atoms in total. The largest absolute Gasteiger partial charge is 0.493 e. The topological polar surface area (TPSA) is 73.7 Å². The average molecular weight is 512 g/mol. The number of ether oxygens (including phenoxy) is 3. The Morgan fingerprint density at radius 1 is 1.22 bits per heavy atom. The smallest absolute Gasteiger partial charge is 0.219 e. The lowest BCUT2D eigenvalue weighted by molar-refractivity contribution is 0.0824. The van der Waals surface area contributed by atoms with Crippen LogP contribution in [0.2, 0.25) is 0 Å². The monoisotopic (exact) mass is 511 g/mol. The first kappa shape index (κ1) is 25.0. The number of nitrogens with zero attached hydrogens (tertiary/aromatic N) is 4. The molecule has 1 N–H and O–H groups in total. The first-order valence-corrected chi connectivity index (χ1v) is 14.5. The van der Waals surface area contributed by atoms with Crippen LogP contribution in [0.15, 0.2) is 48.8 Å². The molecule has 0 aliphatic carbocycles. The van der Waals surface area contributed by atoms with Gasteiger partial charge in [-0.3, -0.25) is 0 Å². The van der Waals surface area contributed by atoms with Gasteiger partial charge in [0.2, 0.25) is 5.88 Å². The van der Waals surface area contributed by atoms with Gasteiger partial charge in [0.15, 0.2) is 0 Å². The van der Waals surface area contributed by atoms with E-state index in [2.05, 4.69) is 38.5 Å². The van der Waals surface area contributed by atoms with Crippen molar-refractivity contribution >= 4 is 16.4 Å². The van der Waals surface area contributed by atoms with Gasteiger partial charge in [0, 0.05) is 74.9 Å². The second-order valence-corrected chi connectivity index (χ2v) is 11.3. The molecule has 4 heterocycles. The normalized spacial score (nSPS) is 18.5. The molecule has 2 aliphatic rings. The summed E-state index contributed by atoms with van der Waals surface area (Å²) in [7, 11) is 0.131. The summed E-state index contributed by atoms with van der Waals surface area (Å²) in [6.07, 6.45) is 6.81. The molecule has 1 unspecified atom stereocenters. The van der Waals surface area contributed by atoms with Gasteiger partial charge in [0.05, 0.1) is 18.9 Å². The first-order valence-electron chi connectivity index (χ1n) is 12.5. The van der Waals surface area contributed by atoms with E-state index in [1.165, 1.54) is 5.56 Å². The van der Waals surface area contributed by atoms with Gasteiger partial charge in [-0.1, -0.05) is 11.9 Å². The molecule has 2 aromatic heterocycles. The molecule has 0 bridgehead atoms. The lowest BCUT2D eigenvalue weighted by Gasteiger charge is -2.27. The van der Waals surface area contributed by atoms with Gasteiger partial charge in [0.25, 0.3) is 0 Å². The maximum atomic E-state index is 6.04. The number of hydrogen-bond donors (Lipinski definition) is 1. The second kappa shape index (κ2) is 12.0. The van der Waals surface area contributed by atoms with Crippen LogP contribution in [0.5, 0.6) is 17.4 Å². The summed E-state index contributed by atoms with van der Waals surface area (Å²) >= 11 is 0. The van der Waals surface area contributed by atoms with Gasteiger partial charge in [-0.2, -0.15) is 15.6 Å². The number of rotatable bonds is 11. The fraction of sp³-hybridized carbons (Fsp3) is 0.444. The van der Waals surface area contributed by atoms with Crippen molar-refractivity contribution in [3.63, 3.8) is 0 Å². The predicted molar refractivity (Wildman–Crippen MR) is 148 cm³/mol. The molecule has 1 saturated heterocycles. The van der Waals surface area contributed by atoms with Crippen LogP contribution in [0.25, 0.3) is 11.3 Å². The maximum absolute atomic E-state index is 6.04. The molecule has 3 aromatic rings. The lowest BCUT2D eigenvalue weighted by atomic mass is 9.97. The average Bonchev–Trinajstić information content (AvgIpc) is 3.53. The number of benzene rings is 1. The van der Waals surface area contributed by atoms with E-state index in [0.29, 0.717) is 25.1 Å². The Balaban J connectivity index is 0.00000320. The van der Waals surface area contributed by atoms with Crippen LogP contribution >= 0.6 is 10.5 Å². The molecule has 0 amide bonds. The summed E-state index contributed by atoms with van der Waals surface area (Å²) in [5.74, 6) is 7.61. The Bertz CT molecular complexity index is 1170. The zero-order chi connectivity index (χ0) is 24.7. The number of fused-ring (bicyclic) bond motifs is 1. The van der Waals surface area contributed by atoms with E-state index in [9.17, 15) is 0 Å². The zero-order valence-electron chi connectivity index (χ0n) is 20.9. The molecule has 9 heteroatoms. The van der Waals surface area contributed by atoms with E-state index in [1.807, 2.05) is 35.0 Å². The highest BCUT2D eigenvalue weighted by molar-refractivity contribution is 8.13. The molecule has 1 aromatic carbocycles. The molecule has 194 valence electrons. The zero-order valence-corrected chi connectivity index (χ0v) is 21.7. The van der Waals surface area contributed by atoms with Crippen molar-refractivity contribution in [2.45, 2.75) is 19.1 Å². The van der Waals surface area contributed by atoms with Gasteiger partial charge in [-0.15, -0.1) is 0 Å². The SMILES string of the molecule is C=[S@@](C)CCOCn1nccc1-c1ccc(Oc2ccc3c(c2)OCC3CCN2CCNCC2)nc1.[HH].